The van der Waals surface area contributed by atoms with Crippen LogP contribution >= 0.6 is 0 Å². The molecule has 110 valence electrons. The molecule has 0 heterocycles. The Bertz CT molecular complexity index is 491. The van der Waals surface area contributed by atoms with Crippen LogP contribution in [0.15, 0.2) is 18.2 Å². The smallest absolute Gasteiger partial charge is 0.306 e. The molecule has 0 spiro atoms. The second-order valence-electron chi connectivity index (χ2n) is 4.01. The van der Waals surface area contributed by atoms with E-state index in [2.05, 4.69) is 5.32 Å². The maximum atomic E-state index is 10.8. The Morgan fingerprint density at radius 1 is 1.45 bits per heavy atom. The van der Waals surface area contributed by atoms with E-state index in [1.165, 1.54) is 26.4 Å². The van der Waals surface area contributed by atoms with Crippen molar-refractivity contribution in [1.29, 1.82) is 0 Å². The van der Waals surface area contributed by atoms with Crippen LogP contribution in [0.25, 0.3) is 0 Å². The minimum absolute atomic E-state index is 0.112. The maximum absolute atomic E-state index is 10.8. The lowest BCUT2D eigenvalue weighted by Crippen LogP contribution is -2.25. The normalized spacial score (nSPS) is 11.7. The Morgan fingerprint density at radius 3 is 2.65 bits per heavy atom. The standard InChI is InChI=1S/C12H16N2O6/c1-19-10-4-8(3-9(5-10)14(17)18)13-7-11(20-2)6-12(15)16/h3-5,11,13H,6-7H2,1-2H3,(H,15,16). The van der Waals surface area contributed by atoms with Gasteiger partial charge in [-0.25, -0.2) is 0 Å². The quantitative estimate of drug-likeness (QED) is 0.549. The number of nitro groups is 1. The molecule has 0 aliphatic carbocycles. The van der Waals surface area contributed by atoms with Crippen LogP contribution < -0.4 is 10.1 Å². The minimum Gasteiger partial charge on any atom is -0.496 e. The topological polar surface area (TPSA) is 111 Å². The Labute approximate surface area is 115 Å². The number of nitrogens with one attached hydrogen (secondary N) is 1. The summed E-state index contributed by atoms with van der Waals surface area (Å²) in [5.41, 5.74) is 0.350. The van der Waals surface area contributed by atoms with Crippen LogP contribution in [0.5, 0.6) is 5.75 Å². The number of non-ortho nitro benzene ring substituents is 1. The van der Waals surface area contributed by atoms with Crippen molar-refractivity contribution in [3.8, 4) is 5.75 Å². The van der Waals surface area contributed by atoms with E-state index in [9.17, 15) is 14.9 Å². The first kappa shape index (κ1) is 15.7. The summed E-state index contributed by atoms with van der Waals surface area (Å²) in [5.74, 6) is -0.635. The average molecular weight is 284 g/mol. The van der Waals surface area contributed by atoms with Gasteiger partial charge in [-0.2, -0.15) is 0 Å². The second-order valence-corrected chi connectivity index (χ2v) is 4.01. The van der Waals surface area contributed by atoms with Gasteiger partial charge in [0.15, 0.2) is 0 Å². The first-order chi connectivity index (χ1) is 9.46. The molecule has 0 fully saturated rings. The van der Waals surface area contributed by atoms with Crippen LogP contribution in [0, 0.1) is 10.1 Å². The number of hydrogen-bond donors (Lipinski definition) is 2. The van der Waals surface area contributed by atoms with E-state index in [0.717, 1.165) is 0 Å². The highest BCUT2D eigenvalue weighted by molar-refractivity contribution is 5.67. The third-order valence-electron chi connectivity index (χ3n) is 2.61. The molecule has 2 N–H and O–H groups in total. The fraction of sp³-hybridized carbons (Fsp3) is 0.417. The summed E-state index contributed by atoms with van der Waals surface area (Å²) in [4.78, 5) is 20.9. The van der Waals surface area contributed by atoms with Gasteiger partial charge < -0.3 is 19.9 Å². The fourth-order valence-corrected chi connectivity index (χ4v) is 1.57. The van der Waals surface area contributed by atoms with E-state index < -0.39 is 17.0 Å². The van der Waals surface area contributed by atoms with E-state index in [1.807, 2.05) is 0 Å². The summed E-state index contributed by atoms with van der Waals surface area (Å²) >= 11 is 0. The first-order valence-electron chi connectivity index (χ1n) is 5.78. The number of aliphatic carboxylic acids is 1. The van der Waals surface area contributed by atoms with Gasteiger partial charge in [0.25, 0.3) is 5.69 Å². The van der Waals surface area contributed by atoms with Gasteiger partial charge >= 0.3 is 5.97 Å². The highest BCUT2D eigenvalue weighted by Gasteiger charge is 2.14. The Balaban J connectivity index is 2.78. The number of ether oxygens (including phenoxy) is 2. The Morgan fingerprint density at radius 2 is 2.15 bits per heavy atom. The number of carboxylic acids is 1. The van der Waals surface area contributed by atoms with Crippen molar-refractivity contribution in [2.75, 3.05) is 26.1 Å². The summed E-state index contributed by atoms with van der Waals surface area (Å²) < 4.78 is 9.98. The summed E-state index contributed by atoms with van der Waals surface area (Å²) in [7, 11) is 2.81. The number of methoxy groups -OCH3 is 2. The monoisotopic (exact) mass is 284 g/mol. The molecular formula is C12H16N2O6. The molecule has 0 saturated heterocycles. The lowest BCUT2D eigenvalue weighted by Gasteiger charge is -2.15. The molecule has 0 amide bonds. The lowest BCUT2D eigenvalue weighted by molar-refractivity contribution is -0.384. The second kappa shape index (κ2) is 7.29. The molecule has 20 heavy (non-hydrogen) atoms. The molecule has 1 unspecified atom stereocenters. The predicted molar refractivity (Wildman–Crippen MR) is 71.2 cm³/mol. The van der Waals surface area contributed by atoms with E-state index in [-0.39, 0.29) is 18.7 Å². The number of hydrogen-bond acceptors (Lipinski definition) is 6. The SMILES string of the molecule is COc1cc(NCC(CC(=O)O)OC)cc([N+](=O)[O-])c1. The summed E-state index contributed by atoms with van der Waals surface area (Å²) in [5, 5.41) is 22.4. The van der Waals surface area contributed by atoms with Crippen molar-refractivity contribution in [2.45, 2.75) is 12.5 Å². The lowest BCUT2D eigenvalue weighted by atomic mass is 10.2. The molecule has 0 aliphatic rings. The predicted octanol–water partition coefficient (Wildman–Crippen LogP) is 1.50. The van der Waals surface area contributed by atoms with E-state index in [4.69, 9.17) is 14.6 Å². The summed E-state index contributed by atoms with van der Waals surface area (Å²) in [6.07, 6.45) is -0.687. The third kappa shape index (κ3) is 4.73. The van der Waals surface area contributed by atoms with Crippen LogP contribution in [0.2, 0.25) is 0 Å². The van der Waals surface area contributed by atoms with Crippen LogP contribution in [-0.2, 0) is 9.53 Å². The number of anilines is 1. The molecule has 1 aromatic rings. The molecule has 0 aromatic heterocycles. The van der Waals surface area contributed by atoms with Crippen LogP contribution in [0.3, 0.4) is 0 Å². The van der Waals surface area contributed by atoms with Crippen molar-refractivity contribution in [3.63, 3.8) is 0 Å². The fourth-order valence-electron chi connectivity index (χ4n) is 1.57. The Hall–Kier alpha value is -2.35. The van der Waals surface area contributed by atoms with Crippen molar-refractivity contribution < 1.29 is 24.3 Å². The zero-order chi connectivity index (χ0) is 15.1. The molecule has 1 aromatic carbocycles. The van der Waals surface area contributed by atoms with Crippen LogP contribution in [-0.4, -0.2) is 42.9 Å². The number of carbonyl (C=O) groups is 1. The van der Waals surface area contributed by atoms with Gasteiger partial charge in [-0.3, -0.25) is 14.9 Å². The van der Waals surface area contributed by atoms with Gasteiger partial charge in [0.05, 0.1) is 30.6 Å². The highest BCUT2D eigenvalue weighted by atomic mass is 16.6. The van der Waals surface area contributed by atoms with Crippen molar-refractivity contribution in [1.82, 2.24) is 0 Å². The molecule has 0 aliphatic heterocycles. The third-order valence-corrected chi connectivity index (χ3v) is 2.61. The number of nitro benzene ring substituents is 1. The molecule has 8 nitrogen and oxygen atoms in total. The number of rotatable bonds is 8. The largest absolute Gasteiger partial charge is 0.496 e. The summed E-state index contributed by atoms with van der Waals surface area (Å²) in [6, 6.07) is 4.23. The molecule has 0 bridgehead atoms. The zero-order valence-electron chi connectivity index (χ0n) is 11.2. The zero-order valence-corrected chi connectivity index (χ0v) is 11.2. The number of carboxylic acid groups (broad SMARTS) is 1. The summed E-state index contributed by atoms with van der Waals surface area (Å²) in [6.45, 7) is 0.215. The average Bonchev–Trinajstić information content (AvgIpc) is 2.42. The molecule has 1 atom stereocenters. The highest BCUT2D eigenvalue weighted by Crippen LogP contribution is 2.25. The van der Waals surface area contributed by atoms with E-state index >= 15 is 0 Å². The molecular weight excluding hydrogens is 268 g/mol. The van der Waals surface area contributed by atoms with E-state index in [1.54, 1.807) is 6.07 Å². The van der Waals surface area contributed by atoms with Gasteiger partial charge in [0.1, 0.15) is 5.75 Å². The molecule has 8 heteroatoms. The van der Waals surface area contributed by atoms with Crippen molar-refractivity contribution in [3.05, 3.63) is 28.3 Å². The molecule has 0 saturated carbocycles. The van der Waals surface area contributed by atoms with Crippen molar-refractivity contribution in [2.24, 2.45) is 0 Å². The van der Waals surface area contributed by atoms with Gasteiger partial charge in [0.2, 0.25) is 0 Å². The number of nitrogens with zero attached hydrogens (tertiary/aromatic N) is 1. The van der Waals surface area contributed by atoms with Gasteiger partial charge in [-0.15, -0.1) is 0 Å². The Kier molecular flexibility index (Phi) is 5.73. The molecule has 1 rings (SSSR count). The minimum atomic E-state index is -0.977. The van der Waals surface area contributed by atoms with Crippen LogP contribution in [0.1, 0.15) is 6.42 Å². The first-order valence-corrected chi connectivity index (χ1v) is 5.78. The van der Waals surface area contributed by atoms with Crippen LogP contribution in [0.4, 0.5) is 11.4 Å². The number of benzene rings is 1. The maximum Gasteiger partial charge on any atom is 0.306 e. The molecule has 0 radical (unpaired) electrons. The van der Waals surface area contributed by atoms with Gasteiger partial charge in [-0.05, 0) is 0 Å². The van der Waals surface area contributed by atoms with Gasteiger partial charge in [0, 0.05) is 31.5 Å². The van der Waals surface area contributed by atoms with Crippen molar-refractivity contribution >= 4 is 17.3 Å². The van der Waals surface area contributed by atoms with Gasteiger partial charge in [-0.1, -0.05) is 0 Å². The van der Waals surface area contributed by atoms with E-state index in [0.29, 0.717) is 11.4 Å².